The van der Waals surface area contributed by atoms with Gasteiger partial charge in [0.25, 0.3) is 0 Å². The Balaban J connectivity index is 1.51. The zero-order chi connectivity index (χ0) is 17.5. The number of hydrogen-bond donors (Lipinski definition) is 1. The van der Waals surface area contributed by atoms with Crippen LogP contribution in [0.5, 0.6) is 0 Å². The number of aryl methyl sites for hydroxylation is 2. The highest BCUT2D eigenvalue weighted by Crippen LogP contribution is 2.13. The third kappa shape index (κ3) is 5.01. The van der Waals surface area contributed by atoms with E-state index in [9.17, 15) is 4.79 Å². The average Bonchev–Trinajstić information content (AvgIpc) is 3.08. The number of amides is 1. The minimum Gasteiger partial charge on any atom is -0.407 e. The summed E-state index contributed by atoms with van der Waals surface area (Å²) in [6, 6.07) is 18.3. The van der Waals surface area contributed by atoms with Crippen LogP contribution in [0.4, 0.5) is 6.01 Å². The lowest BCUT2D eigenvalue weighted by atomic mass is 10.1. The minimum atomic E-state index is -0.133. The van der Waals surface area contributed by atoms with Gasteiger partial charge in [-0.25, -0.2) is 0 Å². The summed E-state index contributed by atoms with van der Waals surface area (Å²) >= 11 is 0. The first kappa shape index (κ1) is 16.9. The molecule has 0 fully saturated rings. The van der Waals surface area contributed by atoms with Gasteiger partial charge in [-0.1, -0.05) is 66.6 Å². The van der Waals surface area contributed by atoms with Crippen molar-refractivity contribution in [2.45, 2.75) is 32.6 Å². The summed E-state index contributed by atoms with van der Waals surface area (Å²) in [4.78, 5) is 12.0. The van der Waals surface area contributed by atoms with Crippen LogP contribution in [0.2, 0.25) is 0 Å². The van der Waals surface area contributed by atoms with Gasteiger partial charge in [0, 0.05) is 6.42 Å². The number of hydrogen-bond acceptors (Lipinski definition) is 4. The molecule has 0 bridgehead atoms. The van der Waals surface area contributed by atoms with E-state index in [4.69, 9.17) is 4.42 Å². The van der Waals surface area contributed by atoms with Crippen LogP contribution in [-0.2, 0) is 24.1 Å². The second kappa shape index (κ2) is 8.24. The Morgan fingerprint density at radius 1 is 0.960 bits per heavy atom. The minimum absolute atomic E-state index is 0.133. The molecule has 0 radical (unpaired) electrons. The fourth-order valence-electron chi connectivity index (χ4n) is 2.53. The summed E-state index contributed by atoms with van der Waals surface area (Å²) in [7, 11) is 0. The predicted molar refractivity (Wildman–Crippen MR) is 96.3 cm³/mol. The van der Waals surface area contributed by atoms with E-state index in [2.05, 4.69) is 46.7 Å². The number of aromatic nitrogens is 2. The Labute approximate surface area is 147 Å². The van der Waals surface area contributed by atoms with Crippen molar-refractivity contribution >= 4 is 11.9 Å². The summed E-state index contributed by atoms with van der Waals surface area (Å²) < 4.78 is 5.51. The normalized spacial score (nSPS) is 10.6. The molecule has 0 spiro atoms. The molecule has 0 aliphatic heterocycles. The lowest BCUT2D eigenvalue weighted by Crippen LogP contribution is -2.12. The number of benzene rings is 2. The topological polar surface area (TPSA) is 68.0 Å². The summed E-state index contributed by atoms with van der Waals surface area (Å²) in [6.45, 7) is 2.12. The summed E-state index contributed by atoms with van der Waals surface area (Å²) in [6.07, 6.45) is 2.62. The van der Waals surface area contributed by atoms with Gasteiger partial charge in [0.15, 0.2) is 0 Å². The number of nitrogens with one attached hydrogen (secondary N) is 1. The number of anilines is 1. The highest BCUT2D eigenvalue weighted by molar-refractivity contribution is 5.88. The van der Waals surface area contributed by atoms with E-state index in [1.165, 1.54) is 5.56 Å². The van der Waals surface area contributed by atoms with Gasteiger partial charge in [-0.05, 0) is 29.5 Å². The van der Waals surface area contributed by atoms with E-state index in [1.54, 1.807) is 0 Å². The predicted octanol–water partition coefficient (Wildman–Crippen LogP) is 3.79. The van der Waals surface area contributed by atoms with Gasteiger partial charge in [-0.2, -0.15) is 0 Å². The molecule has 1 N–H and O–H groups in total. The Morgan fingerprint density at radius 3 is 2.40 bits per heavy atom. The van der Waals surface area contributed by atoms with Crippen LogP contribution in [0, 0.1) is 0 Å². The van der Waals surface area contributed by atoms with E-state index in [0.717, 1.165) is 17.5 Å². The van der Waals surface area contributed by atoms with Crippen molar-refractivity contribution in [1.82, 2.24) is 10.2 Å². The summed E-state index contributed by atoms with van der Waals surface area (Å²) in [5, 5.41) is 10.5. The Morgan fingerprint density at radius 2 is 1.68 bits per heavy atom. The lowest BCUT2D eigenvalue weighted by Gasteiger charge is -2.01. The Hall–Kier alpha value is -2.95. The molecule has 25 heavy (non-hydrogen) atoms. The van der Waals surface area contributed by atoms with E-state index < -0.39 is 0 Å². The quantitative estimate of drug-likeness (QED) is 0.713. The molecule has 3 aromatic rings. The first-order chi connectivity index (χ1) is 12.2. The van der Waals surface area contributed by atoms with E-state index >= 15 is 0 Å². The van der Waals surface area contributed by atoms with Crippen molar-refractivity contribution in [2.24, 2.45) is 0 Å². The second-order valence-electron chi connectivity index (χ2n) is 5.88. The molecule has 128 valence electrons. The third-order valence-electron chi connectivity index (χ3n) is 3.98. The van der Waals surface area contributed by atoms with Crippen LogP contribution in [0.15, 0.2) is 59.0 Å². The lowest BCUT2D eigenvalue weighted by molar-refractivity contribution is -0.116. The first-order valence-corrected chi connectivity index (χ1v) is 8.47. The Kier molecular flexibility index (Phi) is 5.57. The van der Waals surface area contributed by atoms with Crippen molar-refractivity contribution < 1.29 is 9.21 Å². The molecule has 5 nitrogen and oxygen atoms in total. The second-order valence-corrected chi connectivity index (χ2v) is 5.88. The first-order valence-electron chi connectivity index (χ1n) is 8.47. The van der Waals surface area contributed by atoms with Crippen molar-refractivity contribution in [1.29, 1.82) is 0 Å². The number of rotatable bonds is 7. The SMILES string of the molecule is CCc1ccc(Cc2nnc(NC(=O)CCc3ccccc3)o2)cc1. The molecular formula is C20H21N3O2. The van der Waals surface area contributed by atoms with Crippen molar-refractivity contribution in [3.63, 3.8) is 0 Å². The molecule has 0 saturated heterocycles. The fraction of sp³-hybridized carbons (Fsp3) is 0.250. The molecule has 1 aromatic heterocycles. The highest BCUT2D eigenvalue weighted by Gasteiger charge is 2.10. The van der Waals surface area contributed by atoms with Crippen LogP contribution in [0.25, 0.3) is 0 Å². The summed E-state index contributed by atoms with van der Waals surface area (Å²) in [5.41, 5.74) is 3.52. The van der Waals surface area contributed by atoms with Crippen LogP contribution < -0.4 is 5.32 Å². The van der Waals surface area contributed by atoms with Crippen LogP contribution in [-0.4, -0.2) is 16.1 Å². The van der Waals surface area contributed by atoms with Gasteiger partial charge < -0.3 is 4.42 Å². The third-order valence-corrected chi connectivity index (χ3v) is 3.98. The molecule has 0 aliphatic rings. The molecule has 0 atom stereocenters. The van der Waals surface area contributed by atoms with E-state index in [-0.39, 0.29) is 11.9 Å². The molecule has 0 unspecified atom stereocenters. The average molecular weight is 335 g/mol. The fourth-order valence-corrected chi connectivity index (χ4v) is 2.53. The van der Waals surface area contributed by atoms with Crippen molar-refractivity contribution in [3.8, 4) is 0 Å². The Bertz CT molecular complexity index is 810. The smallest absolute Gasteiger partial charge is 0.322 e. The van der Waals surface area contributed by atoms with Crippen molar-refractivity contribution in [2.75, 3.05) is 5.32 Å². The molecule has 2 aromatic carbocycles. The zero-order valence-electron chi connectivity index (χ0n) is 14.2. The maximum atomic E-state index is 12.0. The molecule has 0 aliphatic carbocycles. The zero-order valence-corrected chi connectivity index (χ0v) is 14.2. The summed E-state index contributed by atoms with van der Waals surface area (Å²) in [5.74, 6) is 0.356. The number of carbonyl (C=O) groups excluding carboxylic acids is 1. The largest absolute Gasteiger partial charge is 0.407 e. The maximum Gasteiger partial charge on any atom is 0.322 e. The van der Waals surface area contributed by atoms with Crippen LogP contribution in [0.1, 0.15) is 35.9 Å². The highest BCUT2D eigenvalue weighted by atomic mass is 16.4. The number of nitrogens with zero attached hydrogens (tertiary/aromatic N) is 2. The molecule has 5 heteroatoms. The van der Waals surface area contributed by atoms with Gasteiger partial charge in [0.2, 0.25) is 11.8 Å². The van der Waals surface area contributed by atoms with Crippen molar-refractivity contribution in [3.05, 3.63) is 77.2 Å². The molecule has 0 saturated carbocycles. The molecule has 3 rings (SSSR count). The van der Waals surface area contributed by atoms with Gasteiger partial charge in [-0.15, -0.1) is 5.10 Å². The number of carbonyl (C=O) groups is 1. The van der Waals surface area contributed by atoms with E-state index in [0.29, 0.717) is 25.2 Å². The van der Waals surface area contributed by atoms with Gasteiger partial charge in [0.1, 0.15) is 0 Å². The van der Waals surface area contributed by atoms with Crippen LogP contribution >= 0.6 is 0 Å². The molecular weight excluding hydrogens is 314 g/mol. The van der Waals surface area contributed by atoms with Crippen LogP contribution in [0.3, 0.4) is 0 Å². The maximum absolute atomic E-state index is 12.0. The van der Waals surface area contributed by atoms with E-state index in [1.807, 2.05) is 30.3 Å². The molecule has 1 amide bonds. The molecule has 1 heterocycles. The van der Waals surface area contributed by atoms with Gasteiger partial charge in [0.05, 0.1) is 6.42 Å². The van der Waals surface area contributed by atoms with Gasteiger partial charge >= 0.3 is 6.01 Å². The van der Waals surface area contributed by atoms with Gasteiger partial charge in [-0.3, -0.25) is 10.1 Å². The standard InChI is InChI=1S/C20H21N3O2/c1-2-15-8-10-17(11-9-15)14-19-22-23-20(25-19)21-18(24)13-12-16-6-4-3-5-7-16/h3-11H,2,12-14H2,1H3,(H,21,23,24). The monoisotopic (exact) mass is 335 g/mol.